The van der Waals surface area contributed by atoms with Gasteiger partial charge in [0.15, 0.2) is 0 Å². The standard InChI is InChI=1S/C17H18BFNO2.Ir/c1-16(2)17(3,4)22-18(21-16)13-11-12(8-9-14(13)19)15-7-5-6-10-20-15;/h5-7,9-11H,1-4H3;/q-1;. The van der Waals surface area contributed by atoms with Crippen molar-refractivity contribution >= 4 is 12.6 Å². The van der Waals surface area contributed by atoms with Gasteiger partial charge in [0.1, 0.15) is 0 Å². The van der Waals surface area contributed by atoms with Crippen LogP contribution in [0.5, 0.6) is 0 Å². The third kappa shape index (κ3) is 3.41. The molecule has 0 saturated carbocycles. The van der Waals surface area contributed by atoms with Crippen LogP contribution in [0.2, 0.25) is 0 Å². The van der Waals surface area contributed by atoms with E-state index in [1.54, 1.807) is 12.3 Å². The average Bonchev–Trinajstić information content (AvgIpc) is 2.69. The fraction of sp³-hybridized carbons (Fsp3) is 0.353. The van der Waals surface area contributed by atoms with E-state index in [1.165, 1.54) is 6.07 Å². The fourth-order valence-electron chi connectivity index (χ4n) is 2.31. The van der Waals surface area contributed by atoms with Crippen molar-refractivity contribution in [2.75, 3.05) is 0 Å². The SMILES string of the molecule is CC1(C)OB(c2cc(-c3ccccn3)[c-]cc2F)OC1(C)C.[Ir]. The minimum Gasteiger partial charge on any atom is -0.400 e. The second-order valence-corrected chi connectivity index (χ2v) is 6.45. The second-order valence-electron chi connectivity index (χ2n) is 6.45. The van der Waals surface area contributed by atoms with Gasteiger partial charge in [-0.05, 0) is 39.5 Å². The molecule has 2 aromatic rings. The van der Waals surface area contributed by atoms with Gasteiger partial charge in [0, 0.05) is 32.1 Å². The van der Waals surface area contributed by atoms with Gasteiger partial charge in [0.2, 0.25) is 0 Å². The molecule has 0 amide bonds. The minimum atomic E-state index is -0.734. The van der Waals surface area contributed by atoms with E-state index in [4.69, 9.17) is 9.31 Å². The summed E-state index contributed by atoms with van der Waals surface area (Å²) in [6, 6.07) is 11.5. The molecule has 1 aromatic carbocycles. The van der Waals surface area contributed by atoms with Crippen molar-refractivity contribution in [3.05, 3.63) is 48.4 Å². The zero-order valence-electron chi connectivity index (χ0n) is 13.5. The van der Waals surface area contributed by atoms with Crippen molar-refractivity contribution in [2.45, 2.75) is 38.9 Å². The van der Waals surface area contributed by atoms with Crippen molar-refractivity contribution < 1.29 is 33.8 Å². The van der Waals surface area contributed by atoms with E-state index in [-0.39, 0.29) is 20.1 Å². The Hall–Kier alpha value is -1.07. The van der Waals surface area contributed by atoms with Crippen LogP contribution in [0.1, 0.15) is 27.7 Å². The number of rotatable bonds is 2. The van der Waals surface area contributed by atoms with Gasteiger partial charge in [0.25, 0.3) is 0 Å². The summed E-state index contributed by atoms with van der Waals surface area (Å²) in [5, 5.41) is 0. The summed E-state index contributed by atoms with van der Waals surface area (Å²) in [6.45, 7) is 7.78. The van der Waals surface area contributed by atoms with Crippen LogP contribution >= 0.6 is 0 Å². The number of halogens is 1. The normalized spacial score (nSPS) is 18.6. The van der Waals surface area contributed by atoms with Crippen LogP contribution in [0.3, 0.4) is 0 Å². The molecule has 1 aromatic heterocycles. The van der Waals surface area contributed by atoms with Crippen LogP contribution in [-0.2, 0) is 29.4 Å². The molecule has 1 fully saturated rings. The molecule has 0 aliphatic carbocycles. The van der Waals surface area contributed by atoms with E-state index in [0.29, 0.717) is 11.0 Å². The zero-order chi connectivity index (χ0) is 16.0. The van der Waals surface area contributed by atoms with Crippen LogP contribution < -0.4 is 5.46 Å². The molecule has 6 heteroatoms. The molecule has 0 unspecified atom stereocenters. The van der Waals surface area contributed by atoms with Gasteiger partial charge in [-0.3, -0.25) is 4.39 Å². The Labute approximate surface area is 150 Å². The Morgan fingerprint density at radius 3 is 2.35 bits per heavy atom. The first kappa shape index (κ1) is 18.3. The summed E-state index contributed by atoms with van der Waals surface area (Å²) in [5.41, 5.74) is 0.814. The first-order valence-electron chi connectivity index (χ1n) is 7.28. The van der Waals surface area contributed by atoms with Gasteiger partial charge in [-0.15, -0.1) is 23.8 Å². The predicted molar refractivity (Wildman–Crippen MR) is 84.2 cm³/mol. The van der Waals surface area contributed by atoms with E-state index in [9.17, 15) is 4.39 Å². The van der Waals surface area contributed by atoms with Crippen LogP contribution in [-0.4, -0.2) is 23.3 Å². The topological polar surface area (TPSA) is 31.4 Å². The second kappa shape index (κ2) is 6.44. The molecule has 2 heterocycles. The molecule has 0 spiro atoms. The molecular formula is C17H18BFIrNO2-. The Morgan fingerprint density at radius 2 is 1.78 bits per heavy atom. The summed E-state index contributed by atoms with van der Waals surface area (Å²) >= 11 is 0. The first-order valence-corrected chi connectivity index (χ1v) is 7.28. The van der Waals surface area contributed by atoms with Crippen LogP contribution in [0.25, 0.3) is 11.3 Å². The van der Waals surface area contributed by atoms with Crippen molar-refractivity contribution in [1.82, 2.24) is 4.98 Å². The minimum absolute atomic E-state index is 0. The van der Waals surface area contributed by atoms with Gasteiger partial charge in [-0.2, -0.15) is 0 Å². The van der Waals surface area contributed by atoms with Crippen molar-refractivity contribution in [1.29, 1.82) is 0 Å². The third-order valence-electron chi connectivity index (χ3n) is 4.38. The molecule has 0 bridgehead atoms. The first-order chi connectivity index (χ1) is 10.3. The van der Waals surface area contributed by atoms with Crippen LogP contribution in [0.15, 0.2) is 36.5 Å². The summed E-state index contributed by atoms with van der Waals surface area (Å²) < 4.78 is 26.1. The van der Waals surface area contributed by atoms with Crippen molar-refractivity contribution in [3.8, 4) is 11.3 Å². The Bertz CT molecular complexity index is 678. The number of nitrogens with zero attached hydrogens (tertiary/aromatic N) is 1. The van der Waals surface area contributed by atoms with Crippen LogP contribution in [0, 0.1) is 11.9 Å². The average molecular weight is 490 g/mol. The van der Waals surface area contributed by atoms with Crippen molar-refractivity contribution in [2.24, 2.45) is 0 Å². The Morgan fingerprint density at radius 1 is 1.13 bits per heavy atom. The molecule has 1 aliphatic heterocycles. The third-order valence-corrected chi connectivity index (χ3v) is 4.38. The van der Waals surface area contributed by atoms with E-state index < -0.39 is 24.1 Å². The molecule has 3 nitrogen and oxygen atoms in total. The Balaban J connectivity index is 0.00000192. The van der Waals surface area contributed by atoms with E-state index in [0.717, 1.165) is 5.69 Å². The number of hydrogen-bond donors (Lipinski definition) is 0. The smallest absolute Gasteiger partial charge is 0.400 e. The number of pyridine rings is 1. The zero-order valence-corrected chi connectivity index (χ0v) is 15.9. The largest absolute Gasteiger partial charge is 0.478 e. The monoisotopic (exact) mass is 491 g/mol. The summed E-state index contributed by atoms with van der Waals surface area (Å²) in [4.78, 5) is 4.27. The molecule has 123 valence electrons. The maximum Gasteiger partial charge on any atom is 0.478 e. The molecular weight excluding hydrogens is 472 g/mol. The van der Waals surface area contributed by atoms with Gasteiger partial charge in [-0.1, -0.05) is 17.6 Å². The number of benzene rings is 1. The molecule has 0 atom stereocenters. The van der Waals surface area contributed by atoms with Gasteiger partial charge < -0.3 is 14.3 Å². The summed E-state index contributed by atoms with van der Waals surface area (Å²) in [5.74, 6) is -0.391. The quantitative estimate of drug-likeness (QED) is 0.480. The fourth-order valence-corrected chi connectivity index (χ4v) is 2.31. The summed E-state index contributed by atoms with van der Waals surface area (Å²) in [6.07, 6.45) is 1.70. The van der Waals surface area contributed by atoms with Crippen molar-refractivity contribution in [3.63, 3.8) is 0 Å². The molecule has 1 radical (unpaired) electrons. The van der Waals surface area contributed by atoms with Crippen LogP contribution in [0.4, 0.5) is 4.39 Å². The van der Waals surface area contributed by atoms with E-state index in [2.05, 4.69) is 11.1 Å². The van der Waals surface area contributed by atoms with Gasteiger partial charge >= 0.3 is 7.12 Å². The Kier molecular flexibility index (Phi) is 5.12. The molecule has 1 saturated heterocycles. The van der Waals surface area contributed by atoms with E-state index >= 15 is 0 Å². The van der Waals surface area contributed by atoms with Gasteiger partial charge in [0.05, 0.1) is 11.2 Å². The van der Waals surface area contributed by atoms with E-state index in [1.807, 2.05) is 45.9 Å². The molecule has 3 rings (SSSR count). The number of hydrogen-bond acceptors (Lipinski definition) is 3. The number of aromatic nitrogens is 1. The maximum atomic E-state index is 14.2. The molecule has 23 heavy (non-hydrogen) atoms. The molecule has 1 aliphatic rings. The predicted octanol–water partition coefficient (Wildman–Crippen LogP) is 2.98. The summed E-state index contributed by atoms with van der Waals surface area (Å²) in [7, 11) is -0.734. The molecule has 0 N–H and O–H groups in total. The maximum absolute atomic E-state index is 14.2. The van der Waals surface area contributed by atoms with Gasteiger partial charge in [-0.25, -0.2) is 0 Å².